The molecule has 2 aliphatic heterocycles. The van der Waals surface area contributed by atoms with Gasteiger partial charge in [-0.3, -0.25) is 9.98 Å². The van der Waals surface area contributed by atoms with Gasteiger partial charge >= 0.3 is 24.7 Å². The predicted octanol–water partition coefficient (Wildman–Crippen LogP) is 8.95. The third-order valence-electron chi connectivity index (χ3n) is 7.33. The van der Waals surface area contributed by atoms with E-state index in [1.54, 1.807) is 27.7 Å². The number of hydrogen-bond acceptors (Lipinski definition) is 4. The fourth-order valence-electron chi connectivity index (χ4n) is 4.80. The number of nitrogens with zero attached hydrogens (tertiary/aromatic N) is 4. The second-order valence-electron chi connectivity index (χ2n) is 11.3. The van der Waals surface area contributed by atoms with E-state index in [0.717, 1.165) is 9.80 Å². The Labute approximate surface area is 244 Å². The quantitative estimate of drug-likeness (QED) is 0.304. The Morgan fingerprint density at radius 1 is 0.500 bits per heavy atom. The fourth-order valence-corrected chi connectivity index (χ4v) is 4.80. The molecule has 2 aliphatic rings. The molecule has 0 aromatic heterocycles. The summed E-state index contributed by atoms with van der Waals surface area (Å²) >= 11 is 0. The van der Waals surface area contributed by atoms with E-state index in [9.17, 15) is 52.7 Å². The van der Waals surface area contributed by atoms with Crippen LogP contribution in [-0.2, 0) is 24.7 Å². The van der Waals surface area contributed by atoms with Crippen LogP contribution in [0.4, 0.5) is 64.1 Å². The molecule has 0 radical (unpaired) electrons. The lowest BCUT2D eigenvalue weighted by Gasteiger charge is -2.28. The number of hydrogen-bond donors (Lipinski definition) is 0. The second-order valence-corrected chi connectivity index (χ2v) is 11.3. The highest BCUT2D eigenvalue weighted by Gasteiger charge is 2.43. The summed E-state index contributed by atoms with van der Waals surface area (Å²) in [4.78, 5) is 11.1. The molecule has 2 atom stereocenters. The summed E-state index contributed by atoms with van der Waals surface area (Å²) in [7, 11) is 0. The van der Waals surface area contributed by atoms with Gasteiger partial charge in [0.05, 0.1) is 34.3 Å². The van der Waals surface area contributed by atoms with E-state index in [-0.39, 0.29) is 48.7 Å². The topological polar surface area (TPSA) is 31.2 Å². The van der Waals surface area contributed by atoms with Gasteiger partial charge in [-0.05, 0) is 48.2 Å². The Morgan fingerprint density at radius 2 is 0.750 bits per heavy atom. The molecule has 0 amide bonds. The van der Waals surface area contributed by atoms with Crippen molar-refractivity contribution in [2.45, 2.75) is 64.5 Å². The molecule has 0 saturated carbocycles. The molecule has 2 aromatic carbocycles. The zero-order valence-electron chi connectivity index (χ0n) is 23.5. The van der Waals surface area contributed by atoms with Crippen LogP contribution < -0.4 is 9.80 Å². The lowest BCUT2D eigenvalue weighted by molar-refractivity contribution is -0.144. The van der Waals surface area contributed by atoms with Crippen molar-refractivity contribution < 1.29 is 52.7 Å². The minimum absolute atomic E-state index is 0.0498. The Balaban J connectivity index is 1.93. The van der Waals surface area contributed by atoms with Gasteiger partial charge in [-0.1, -0.05) is 27.7 Å². The van der Waals surface area contributed by atoms with Crippen molar-refractivity contribution >= 4 is 23.0 Å². The average molecular weight is 647 g/mol. The largest absolute Gasteiger partial charge is 0.416 e. The van der Waals surface area contributed by atoms with Crippen molar-refractivity contribution in [2.24, 2.45) is 21.8 Å². The number of amidine groups is 2. The van der Waals surface area contributed by atoms with E-state index in [0.29, 0.717) is 24.3 Å². The monoisotopic (exact) mass is 646 g/mol. The first kappa shape index (κ1) is 33.4. The summed E-state index contributed by atoms with van der Waals surface area (Å²) in [6, 6.07) is 0.432. The lowest BCUT2D eigenvalue weighted by atomic mass is 10.0. The Kier molecular flexibility index (Phi) is 8.48. The van der Waals surface area contributed by atoms with Gasteiger partial charge in [0.2, 0.25) is 0 Å². The van der Waals surface area contributed by atoms with Gasteiger partial charge < -0.3 is 9.80 Å². The highest BCUT2D eigenvalue weighted by Crippen LogP contribution is 2.42. The van der Waals surface area contributed by atoms with Gasteiger partial charge in [0, 0.05) is 24.5 Å². The molecule has 2 heterocycles. The number of rotatable bonds is 5. The molecular weight excluding hydrogens is 620 g/mol. The normalized spacial score (nSPS) is 20.2. The molecule has 0 N–H and O–H groups in total. The minimum atomic E-state index is -5.17. The maximum Gasteiger partial charge on any atom is 0.416 e. The summed E-state index contributed by atoms with van der Waals surface area (Å²) in [5, 5.41) is 0. The molecule has 0 saturated heterocycles. The second kappa shape index (κ2) is 11.2. The van der Waals surface area contributed by atoms with E-state index < -0.39 is 70.4 Å². The highest BCUT2D eigenvalue weighted by molar-refractivity contribution is 6.50. The number of aliphatic imine (C=N–C) groups is 2. The third-order valence-corrected chi connectivity index (χ3v) is 7.33. The first-order chi connectivity index (χ1) is 20.0. The molecule has 0 fully saturated rings. The Hall–Kier alpha value is -3.46. The summed E-state index contributed by atoms with van der Waals surface area (Å²) in [5.41, 5.74) is -7.55. The standard InChI is InChI=1S/C28H26F12N4/c1-13(2)21-11-43(19-7-15(25(29,30)31)5-16(8-19)26(32,33)34)23(41-21)24-42-22(14(3)4)12-44(24)20-9-17(27(35,36)37)6-18(10-20)28(38,39)40/h5-10,13-14,21-22H,11-12H2,1-4H3. The van der Waals surface area contributed by atoms with Crippen LogP contribution in [-0.4, -0.2) is 36.8 Å². The van der Waals surface area contributed by atoms with Crippen LogP contribution >= 0.6 is 0 Å². The maximum absolute atomic E-state index is 13.7. The zero-order chi connectivity index (χ0) is 33.2. The minimum Gasteiger partial charge on any atom is -0.321 e. The number of halogens is 12. The van der Waals surface area contributed by atoms with Crippen molar-refractivity contribution in [3.8, 4) is 0 Å². The van der Waals surface area contributed by atoms with Crippen LogP contribution in [0.1, 0.15) is 49.9 Å². The molecule has 16 heteroatoms. The van der Waals surface area contributed by atoms with E-state index in [2.05, 4.69) is 9.98 Å². The van der Waals surface area contributed by atoms with Crippen molar-refractivity contribution in [1.82, 2.24) is 0 Å². The van der Waals surface area contributed by atoms with Gasteiger partial charge in [0.15, 0.2) is 11.7 Å². The Morgan fingerprint density at radius 3 is 0.955 bits per heavy atom. The molecule has 4 rings (SSSR count). The summed E-state index contributed by atoms with van der Waals surface area (Å²) in [6.45, 7) is 6.32. The zero-order valence-corrected chi connectivity index (χ0v) is 23.5. The fraction of sp³-hybridized carbons (Fsp3) is 0.500. The molecule has 2 aromatic rings. The van der Waals surface area contributed by atoms with Crippen LogP contribution in [0.5, 0.6) is 0 Å². The molecule has 2 unspecified atom stereocenters. The van der Waals surface area contributed by atoms with E-state index in [1.807, 2.05) is 0 Å². The molecule has 242 valence electrons. The first-order valence-electron chi connectivity index (χ1n) is 13.3. The van der Waals surface area contributed by atoms with E-state index >= 15 is 0 Å². The summed E-state index contributed by atoms with van der Waals surface area (Å²) in [5.74, 6) is -1.15. The summed E-state index contributed by atoms with van der Waals surface area (Å²) < 4.78 is 164. The lowest BCUT2D eigenvalue weighted by Crippen LogP contribution is -2.43. The molecule has 0 bridgehead atoms. The number of anilines is 2. The van der Waals surface area contributed by atoms with Gasteiger partial charge in [0.1, 0.15) is 0 Å². The molecular formula is C28H26F12N4. The number of alkyl halides is 12. The molecule has 0 aliphatic carbocycles. The van der Waals surface area contributed by atoms with Crippen LogP contribution in [0.3, 0.4) is 0 Å². The van der Waals surface area contributed by atoms with Crippen LogP contribution in [0.25, 0.3) is 0 Å². The van der Waals surface area contributed by atoms with Crippen LogP contribution in [0, 0.1) is 11.8 Å². The molecule has 4 nitrogen and oxygen atoms in total. The molecule has 0 spiro atoms. The van der Waals surface area contributed by atoms with Gasteiger partial charge in [-0.2, -0.15) is 52.7 Å². The smallest absolute Gasteiger partial charge is 0.321 e. The number of benzene rings is 2. The highest BCUT2D eigenvalue weighted by atomic mass is 19.4. The first-order valence-corrected chi connectivity index (χ1v) is 13.3. The molecule has 44 heavy (non-hydrogen) atoms. The van der Waals surface area contributed by atoms with Crippen molar-refractivity contribution in [3.63, 3.8) is 0 Å². The maximum atomic E-state index is 13.7. The van der Waals surface area contributed by atoms with E-state index in [1.165, 1.54) is 0 Å². The van der Waals surface area contributed by atoms with Crippen LogP contribution in [0.15, 0.2) is 46.4 Å². The summed E-state index contributed by atoms with van der Waals surface area (Å²) in [6.07, 6.45) is -20.7. The van der Waals surface area contributed by atoms with Gasteiger partial charge in [-0.25, -0.2) is 0 Å². The van der Waals surface area contributed by atoms with E-state index in [4.69, 9.17) is 0 Å². The van der Waals surface area contributed by atoms with Crippen LogP contribution in [0.2, 0.25) is 0 Å². The predicted molar refractivity (Wildman–Crippen MR) is 140 cm³/mol. The Bertz CT molecular complexity index is 1270. The van der Waals surface area contributed by atoms with Gasteiger partial charge in [0.25, 0.3) is 0 Å². The van der Waals surface area contributed by atoms with Gasteiger partial charge in [-0.15, -0.1) is 0 Å². The van der Waals surface area contributed by atoms with Crippen molar-refractivity contribution in [3.05, 3.63) is 58.7 Å². The third kappa shape index (κ3) is 6.93. The average Bonchev–Trinajstić information content (AvgIpc) is 3.51. The van der Waals surface area contributed by atoms with Crippen molar-refractivity contribution in [2.75, 3.05) is 22.9 Å². The van der Waals surface area contributed by atoms with Crippen molar-refractivity contribution in [1.29, 1.82) is 0 Å². The SMILES string of the molecule is CC(C)C1CN(c2cc(C(F)(F)F)cc(C(F)(F)F)c2)C(C2=NC(C(C)C)CN2c2cc(C(F)(F)F)cc(C(F)(F)F)c2)=N1.